The van der Waals surface area contributed by atoms with E-state index in [1.165, 1.54) is 0 Å². The van der Waals surface area contributed by atoms with Gasteiger partial charge in [-0.1, -0.05) is 41.6 Å². The molecular weight excluding hydrogens is 278 g/mol. The van der Waals surface area contributed by atoms with Crippen molar-refractivity contribution in [3.63, 3.8) is 0 Å². The van der Waals surface area contributed by atoms with Crippen LogP contribution < -0.4 is 5.32 Å². The van der Waals surface area contributed by atoms with Crippen molar-refractivity contribution in [2.75, 3.05) is 5.32 Å². The Hall–Kier alpha value is -2.95. The first kappa shape index (κ1) is 14.0. The van der Waals surface area contributed by atoms with E-state index in [9.17, 15) is 4.79 Å². The molecule has 3 aromatic rings. The van der Waals surface area contributed by atoms with E-state index in [1.807, 2.05) is 61.5 Å². The molecule has 2 aromatic carbocycles. The van der Waals surface area contributed by atoms with Crippen LogP contribution in [0.3, 0.4) is 0 Å². The lowest BCUT2D eigenvalue weighted by atomic mass is 10.1. The van der Waals surface area contributed by atoms with Gasteiger partial charge in [0.25, 0.3) is 5.89 Å². The van der Waals surface area contributed by atoms with Crippen LogP contribution in [0.15, 0.2) is 59.1 Å². The number of anilines is 1. The first-order valence-electron chi connectivity index (χ1n) is 6.96. The molecule has 1 aromatic heterocycles. The molecule has 0 aliphatic heterocycles. The molecule has 0 spiro atoms. The van der Waals surface area contributed by atoms with Gasteiger partial charge in [-0.3, -0.25) is 4.79 Å². The van der Waals surface area contributed by atoms with Gasteiger partial charge in [-0.05, 0) is 30.7 Å². The van der Waals surface area contributed by atoms with Crippen molar-refractivity contribution >= 4 is 11.6 Å². The normalized spacial score (nSPS) is 10.4. The van der Waals surface area contributed by atoms with Crippen LogP contribution in [0.4, 0.5) is 5.69 Å². The van der Waals surface area contributed by atoms with Gasteiger partial charge in [0.15, 0.2) is 5.82 Å². The molecule has 0 unspecified atom stereocenters. The third kappa shape index (κ3) is 3.20. The van der Waals surface area contributed by atoms with Crippen molar-refractivity contribution < 1.29 is 9.32 Å². The van der Waals surface area contributed by atoms with Crippen molar-refractivity contribution in [3.05, 3.63) is 66.0 Å². The average Bonchev–Trinajstić information content (AvgIpc) is 2.97. The Morgan fingerprint density at radius 2 is 1.82 bits per heavy atom. The number of para-hydroxylation sites is 1. The number of rotatable bonds is 4. The summed E-state index contributed by atoms with van der Waals surface area (Å²) in [7, 11) is 0. The molecule has 110 valence electrons. The van der Waals surface area contributed by atoms with E-state index >= 15 is 0 Å². The molecular formula is C17H15N3O2. The largest absolute Gasteiger partial charge is 0.334 e. The van der Waals surface area contributed by atoms with E-state index < -0.39 is 0 Å². The predicted molar refractivity (Wildman–Crippen MR) is 83.2 cm³/mol. The third-order valence-electron chi connectivity index (χ3n) is 3.22. The molecule has 0 aliphatic carbocycles. The number of benzene rings is 2. The summed E-state index contributed by atoms with van der Waals surface area (Å²) in [5, 5.41) is 6.66. The van der Waals surface area contributed by atoms with E-state index in [4.69, 9.17) is 4.52 Å². The van der Waals surface area contributed by atoms with Crippen molar-refractivity contribution in [1.82, 2.24) is 10.1 Å². The monoisotopic (exact) mass is 293 g/mol. The molecule has 1 N–H and O–H groups in total. The van der Waals surface area contributed by atoms with Gasteiger partial charge in [0.1, 0.15) is 0 Å². The Labute approximate surface area is 128 Å². The van der Waals surface area contributed by atoms with E-state index in [-0.39, 0.29) is 12.3 Å². The van der Waals surface area contributed by atoms with Crippen LogP contribution >= 0.6 is 0 Å². The number of hydrogen-bond donors (Lipinski definition) is 1. The lowest BCUT2D eigenvalue weighted by Crippen LogP contribution is -2.15. The molecule has 3 rings (SSSR count). The fraction of sp³-hybridized carbons (Fsp3) is 0.118. The molecule has 5 nitrogen and oxygen atoms in total. The van der Waals surface area contributed by atoms with Crippen LogP contribution in [0.5, 0.6) is 0 Å². The molecule has 0 fully saturated rings. The standard InChI is InChI=1S/C17H15N3O2/c1-12-7-5-6-10-14(12)17-19-15(20-22-17)11-16(21)18-13-8-3-2-4-9-13/h2-10H,11H2,1H3,(H,18,21). The zero-order valence-corrected chi connectivity index (χ0v) is 12.1. The Balaban J connectivity index is 1.70. The molecule has 1 amide bonds. The quantitative estimate of drug-likeness (QED) is 0.802. The van der Waals surface area contributed by atoms with Gasteiger partial charge in [0.05, 0.1) is 6.42 Å². The van der Waals surface area contributed by atoms with Gasteiger partial charge in [-0.15, -0.1) is 0 Å². The minimum atomic E-state index is -0.177. The number of aryl methyl sites for hydroxylation is 1. The third-order valence-corrected chi connectivity index (χ3v) is 3.22. The van der Waals surface area contributed by atoms with Crippen molar-refractivity contribution in [2.45, 2.75) is 13.3 Å². The molecule has 0 radical (unpaired) electrons. The van der Waals surface area contributed by atoms with Crippen molar-refractivity contribution in [3.8, 4) is 11.5 Å². The summed E-state index contributed by atoms with van der Waals surface area (Å²) in [5.41, 5.74) is 2.67. The highest BCUT2D eigenvalue weighted by molar-refractivity contribution is 5.91. The average molecular weight is 293 g/mol. The highest BCUT2D eigenvalue weighted by atomic mass is 16.5. The molecule has 22 heavy (non-hydrogen) atoms. The SMILES string of the molecule is Cc1ccccc1-c1nc(CC(=O)Nc2ccccc2)no1. The van der Waals surface area contributed by atoms with E-state index in [0.29, 0.717) is 11.7 Å². The second-order valence-corrected chi connectivity index (χ2v) is 4.92. The number of nitrogens with zero attached hydrogens (tertiary/aromatic N) is 2. The molecule has 0 aliphatic rings. The molecule has 1 heterocycles. The Bertz CT molecular complexity index is 781. The highest BCUT2D eigenvalue weighted by Crippen LogP contribution is 2.21. The summed E-state index contributed by atoms with van der Waals surface area (Å²) >= 11 is 0. The lowest BCUT2D eigenvalue weighted by molar-refractivity contribution is -0.115. The molecule has 0 bridgehead atoms. The van der Waals surface area contributed by atoms with Crippen molar-refractivity contribution in [1.29, 1.82) is 0 Å². The fourth-order valence-electron chi connectivity index (χ4n) is 2.12. The number of carbonyl (C=O) groups excluding carboxylic acids is 1. The van der Waals surface area contributed by atoms with Crippen LogP contribution in [0, 0.1) is 6.92 Å². The second kappa shape index (κ2) is 6.22. The first-order valence-corrected chi connectivity index (χ1v) is 6.96. The maximum Gasteiger partial charge on any atom is 0.258 e. The summed E-state index contributed by atoms with van der Waals surface area (Å²) in [6.07, 6.45) is 0.0737. The zero-order valence-electron chi connectivity index (χ0n) is 12.1. The van der Waals surface area contributed by atoms with Crippen LogP contribution in [0.1, 0.15) is 11.4 Å². The van der Waals surface area contributed by atoms with Crippen LogP contribution in [0.2, 0.25) is 0 Å². The summed E-state index contributed by atoms with van der Waals surface area (Å²) in [6.45, 7) is 1.97. The number of carbonyl (C=O) groups is 1. The molecule has 0 saturated heterocycles. The second-order valence-electron chi connectivity index (χ2n) is 4.92. The van der Waals surface area contributed by atoms with Gasteiger partial charge in [0.2, 0.25) is 5.91 Å². The summed E-state index contributed by atoms with van der Waals surface area (Å²) < 4.78 is 5.24. The number of aromatic nitrogens is 2. The fourth-order valence-corrected chi connectivity index (χ4v) is 2.12. The summed E-state index contributed by atoms with van der Waals surface area (Å²) in [5.74, 6) is 0.621. The minimum absolute atomic E-state index is 0.0737. The number of amides is 1. The predicted octanol–water partition coefficient (Wildman–Crippen LogP) is 3.23. The van der Waals surface area contributed by atoms with Gasteiger partial charge >= 0.3 is 0 Å². The van der Waals surface area contributed by atoms with E-state index in [2.05, 4.69) is 15.5 Å². The van der Waals surface area contributed by atoms with Crippen molar-refractivity contribution in [2.24, 2.45) is 0 Å². The summed E-state index contributed by atoms with van der Waals surface area (Å²) in [6, 6.07) is 17.0. The number of hydrogen-bond acceptors (Lipinski definition) is 4. The highest BCUT2D eigenvalue weighted by Gasteiger charge is 2.13. The molecule has 0 saturated carbocycles. The van der Waals surface area contributed by atoms with E-state index in [1.54, 1.807) is 0 Å². The van der Waals surface area contributed by atoms with Crippen LogP contribution in [-0.2, 0) is 11.2 Å². The lowest BCUT2D eigenvalue weighted by Gasteiger charge is -2.02. The Kier molecular flexibility index (Phi) is 3.96. The van der Waals surface area contributed by atoms with Gasteiger partial charge < -0.3 is 9.84 Å². The minimum Gasteiger partial charge on any atom is -0.334 e. The Morgan fingerprint density at radius 3 is 2.59 bits per heavy atom. The van der Waals surface area contributed by atoms with Gasteiger partial charge in [0, 0.05) is 11.3 Å². The summed E-state index contributed by atoms with van der Waals surface area (Å²) in [4.78, 5) is 16.2. The van der Waals surface area contributed by atoms with Gasteiger partial charge in [-0.2, -0.15) is 4.98 Å². The molecule has 0 atom stereocenters. The van der Waals surface area contributed by atoms with E-state index in [0.717, 1.165) is 16.8 Å². The van der Waals surface area contributed by atoms with Crippen LogP contribution in [0.25, 0.3) is 11.5 Å². The topological polar surface area (TPSA) is 68.0 Å². The maximum atomic E-state index is 12.0. The zero-order chi connectivity index (χ0) is 15.4. The Morgan fingerprint density at radius 1 is 1.09 bits per heavy atom. The van der Waals surface area contributed by atoms with Crippen LogP contribution in [-0.4, -0.2) is 16.0 Å². The smallest absolute Gasteiger partial charge is 0.258 e. The maximum absolute atomic E-state index is 12.0. The van der Waals surface area contributed by atoms with Gasteiger partial charge in [-0.25, -0.2) is 0 Å². The molecule has 5 heteroatoms. The first-order chi connectivity index (χ1) is 10.7. The number of nitrogens with one attached hydrogen (secondary N) is 1.